The maximum absolute atomic E-state index is 14.0. The Bertz CT molecular complexity index is 878. The third-order valence-electron chi connectivity index (χ3n) is 3.52. The van der Waals surface area contributed by atoms with Crippen molar-refractivity contribution in [2.24, 2.45) is 0 Å². The number of aliphatic hydroxyl groups is 1. The van der Waals surface area contributed by atoms with Gasteiger partial charge in [0.25, 0.3) is 0 Å². The van der Waals surface area contributed by atoms with E-state index < -0.39 is 27.9 Å². The molecule has 0 aliphatic heterocycles. The molecule has 2 aromatic carbocycles. The lowest BCUT2D eigenvalue weighted by molar-refractivity contribution is 0.0402. The average Bonchev–Trinajstić information content (AvgIpc) is 2.43. The summed E-state index contributed by atoms with van der Waals surface area (Å²) in [4.78, 5) is -0.154. The summed E-state index contributed by atoms with van der Waals surface area (Å²) in [5.74, 6) is -0.583. The number of alkyl halides is 1. The highest BCUT2D eigenvalue weighted by molar-refractivity contribution is 7.90. The summed E-state index contributed by atoms with van der Waals surface area (Å²) >= 11 is 5.72. The van der Waals surface area contributed by atoms with Gasteiger partial charge >= 0.3 is 0 Å². The molecule has 1 N–H and O–H groups in total. The largest absolute Gasteiger partial charge is 0.457 e. The highest BCUT2D eigenvalue weighted by Gasteiger charge is 2.43. The highest BCUT2D eigenvalue weighted by Crippen LogP contribution is 2.53. The Balaban J connectivity index is 2.09. The molecule has 1 aliphatic rings. The second kappa shape index (κ2) is 5.43. The fourth-order valence-electron chi connectivity index (χ4n) is 2.52. The lowest BCUT2D eigenvalue weighted by Crippen LogP contribution is -2.25. The number of benzene rings is 2. The van der Waals surface area contributed by atoms with Crippen LogP contribution in [0.25, 0.3) is 0 Å². The van der Waals surface area contributed by atoms with Gasteiger partial charge in [0.2, 0.25) is 0 Å². The molecule has 2 unspecified atom stereocenters. The number of ether oxygens (including phenoxy) is 1. The quantitative estimate of drug-likeness (QED) is 0.905. The third-order valence-corrected chi connectivity index (χ3v) is 4.89. The minimum absolute atomic E-state index is 0.00636. The van der Waals surface area contributed by atoms with E-state index in [1.54, 1.807) is 0 Å². The van der Waals surface area contributed by atoms with Crippen LogP contribution in [0.3, 0.4) is 0 Å². The molecule has 0 saturated heterocycles. The highest BCUT2D eigenvalue weighted by atomic mass is 35.5. The number of hydrogen-bond acceptors (Lipinski definition) is 4. The molecule has 0 radical (unpaired) electrons. The van der Waals surface area contributed by atoms with Crippen molar-refractivity contribution in [1.82, 2.24) is 0 Å². The van der Waals surface area contributed by atoms with Gasteiger partial charge in [0.15, 0.2) is 16.0 Å². The number of aliphatic hydroxyl groups excluding tert-OH is 1. The molecule has 0 saturated carbocycles. The Morgan fingerprint density at radius 1 is 1.22 bits per heavy atom. The SMILES string of the molecule is CS(=O)(=O)c1ccc(Oc2cc(F)cc(Cl)c2)c2c1C(O)C2F. The van der Waals surface area contributed by atoms with Gasteiger partial charge in [-0.05, 0) is 24.3 Å². The van der Waals surface area contributed by atoms with Crippen LogP contribution in [0.1, 0.15) is 23.4 Å². The first-order chi connectivity index (χ1) is 10.7. The number of halogens is 3. The standard InChI is InChI=1S/C15H11ClF2O4S/c1-23(20,21)11-3-2-10(12-13(11)15(19)14(12)18)22-9-5-7(16)4-8(17)6-9/h2-6,14-15,19H,1H3. The molecule has 0 amide bonds. The number of hydrogen-bond donors (Lipinski definition) is 1. The predicted molar refractivity (Wildman–Crippen MR) is 79.8 cm³/mol. The van der Waals surface area contributed by atoms with Gasteiger partial charge in [0, 0.05) is 28.5 Å². The van der Waals surface area contributed by atoms with Crippen LogP contribution >= 0.6 is 11.6 Å². The monoisotopic (exact) mass is 360 g/mol. The van der Waals surface area contributed by atoms with Crippen molar-refractivity contribution in [1.29, 1.82) is 0 Å². The Morgan fingerprint density at radius 2 is 1.91 bits per heavy atom. The minimum Gasteiger partial charge on any atom is -0.457 e. The lowest BCUT2D eigenvalue weighted by Gasteiger charge is -2.33. The van der Waals surface area contributed by atoms with E-state index in [0.717, 1.165) is 18.4 Å². The van der Waals surface area contributed by atoms with Crippen molar-refractivity contribution in [3.8, 4) is 11.5 Å². The summed E-state index contributed by atoms with van der Waals surface area (Å²) in [5.41, 5.74) is -0.0826. The van der Waals surface area contributed by atoms with Gasteiger partial charge in [-0.3, -0.25) is 0 Å². The zero-order valence-corrected chi connectivity index (χ0v) is 13.3. The summed E-state index contributed by atoms with van der Waals surface area (Å²) in [6, 6.07) is 5.97. The van der Waals surface area contributed by atoms with E-state index in [1.165, 1.54) is 18.2 Å². The Labute approximate surface area is 136 Å². The first kappa shape index (κ1) is 16.2. The second-order valence-corrected chi connectivity index (χ2v) is 7.64. The van der Waals surface area contributed by atoms with Crippen LogP contribution in [0.4, 0.5) is 8.78 Å². The van der Waals surface area contributed by atoms with Crippen LogP contribution < -0.4 is 4.74 Å². The Hall–Kier alpha value is -1.70. The molecule has 0 heterocycles. The molecule has 122 valence electrons. The molecule has 0 aromatic heterocycles. The Kier molecular flexibility index (Phi) is 3.82. The van der Waals surface area contributed by atoms with E-state index in [4.69, 9.17) is 16.3 Å². The van der Waals surface area contributed by atoms with Crippen molar-refractivity contribution >= 4 is 21.4 Å². The maximum Gasteiger partial charge on any atom is 0.175 e. The van der Waals surface area contributed by atoms with Gasteiger partial charge in [-0.25, -0.2) is 17.2 Å². The van der Waals surface area contributed by atoms with Crippen LogP contribution in [0, 0.1) is 5.82 Å². The van der Waals surface area contributed by atoms with Gasteiger partial charge in [-0.15, -0.1) is 0 Å². The van der Waals surface area contributed by atoms with E-state index in [9.17, 15) is 22.3 Å². The van der Waals surface area contributed by atoms with Crippen LogP contribution in [-0.2, 0) is 9.84 Å². The molecule has 1 aliphatic carbocycles. The summed E-state index contributed by atoms with van der Waals surface area (Å²) in [5, 5.41) is 9.82. The fourth-order valence-corrected chi connectivity index (χ4v) is 3.68. The normalized spacial score (nSPS) is 19.9. The molecule has 8 heteroatoms. The van der Waals surface area contributed by atoms with Crippen LogP contribution in [0.15, 0.2) is 35.2 Å². The molecule has 2 atom stereocenters. The van der Waals surface area contributed by atoms with Crippen LogP contribution in [-0.4, -0.2) is 19.8 Å². The average molecular weight is 361 g/mol. The van der Waals surface area contributed by atoms with Gasteiger partial charge in [0.05, 0.1) is 4.90 Å². The third kappa shape index (κ3) is 2.80. The first-order valence-corrected chi connectivity index (χ1v) is 8.78. The zero-order valence-electron chi connectivity index (χ0n) is 11.8. The number of sulfone groups is 1. The predicted octanol–water partition coefficient (Wildman–Crippen LogP) is 3.73. The summed E-state index contributed by atoms with van der Waals surface area (Å²) in [6.07, 6.45) is -2.34. The molecule has 0 fully saturated rings. The lowest BCUT2D eigenvalue weighted by atomic mass is 9.82. The zero-order chi connectivity index (χ0) is 16.9. The van der Waals surface area contributed by atoms with E-state index >= 15 is 0 Å². The van der Waals surface area contributed by atoms with Gasteiger partial charge in [-0.1, -0.05) is 11.6 Å². The molecular weight excluding hydrogens is 350 g/mol. The van der Waals surface area contributed by atoms with E-state index in [-0.39, 0.29) is 32.5 Å². The summed E-state index contributed by atoms with van der Waals surface area (Å²) < 4.78 is 56.1. The summed E-state index contributed by atoms with van der Waals surface area (Å²) in [7, 11) is -3.63. The number of fused-ring (bicyclic) bond motifs is 1. The first-order valence-electron chi connectivity index (χ1n) is 6.51. The smallest absolute Gasteiger partial charge is 0.175 e. The molecule has 4 nitrogen and oxygen atoms in total. The Morgan fingerprint density at radius 3 is 2.52 bits per heavy atom. The molecule has 23 heavy (non-hydrogen) atoms. The van der Waals surface area contributed by atoms with E-state index in [2.05, 4.69) is 0 Å². The second-order valence-electron chi connectivity index (χ2n) is 5.22. The maximum atomic E-state index is 14.0. The van der Waals surface area contributed by atoms with Crippen molar-refractivity contribution < 1.29 is 27.0 Å². The van der Waals surface area contributed by atoms with Gasteiger partial charge in [-0.2, -0.15) is 0 Å². The molecule has 0 bridgehead atoms. The van der Waals surface area contributed by atoms with Gasteiger partial charge in [0.1, 0.15) is 23.4 Å². The van der Waals surface area contributed by atoms with Crippen molar-refractivity contribution in [2.45, 2.75) is 17.2 Å². The molecular formula is C15H11ClF2O4S. The summed E-state index contributed by atoms with van der Waals surface area (Å²) in [6.45, 7) is 0. The van der Waals surface area contributed by atoms with E-state index in [1.807, 2.05) is 0 Å². The van der Waals surface area contributed by atoms with Gasteiger partial charge < -0.3 is 9.84 Å². The van der Waals surface area contributed by atoms with E-state index in [0.29, 0.717) is 0 Å². The van der Waals surface area contributed by atoms with Crippen molar-refractivity contribution in [3.05, 3.63) is 52.3 Å². The van der Waals surface area contributed by atoms with Crippen molar-refractivity contribution in [2.75, 3.05) is 6.26 Å². The topological polar surface area (TPSA) is 63.6 Å². The molecule has 3 rings (SSSR count). The van der Waals surface area contributed by atoms with Crippen LogP contribution in [0.2, 0.25) is 5.02 Å². The van der Waals surface area contributed by atoms with Crippen molar-refractivity contribution in [3.63, 3.8) is 0 Å². The number of rotatable bonds is 3. The molecule has 2 aromatic rings. The van der Waals surface area contributed by atoms with Crippen LogP contribution in [0.5, 0.6) is 11.5 Å². The molecule has 0 spiro atoms. The fraction of sp³-hybridized carbons (Fsp3) is 0.200. The minimum atomic E-state index is -3.63.